The number of methoxy groups -OCH3 is 3. The van der Waals surface area contributed by atoms with E-state index in [1.807, 2.05) is 56.1 Å². The summed E-state index contributed by atoms with van der Waals surface area (Å²) < 4.78 is 24.4. The van der Waals surface area contributed by atoms with Gasteiger partial charge in [0.05, 0.1) is 37.4 Å². The number of likely N-dealkylation sites (tertiary alicyclic amines) is 1. The van der Waals surface area contributed by atoms with Crippen LogP contribution in [0, 0.1) is 28.1 Å². The molecule has 14 heteroatoms. The number of aliphatic hydroxyl groups is 2. The fourth-order valence-electron chi connectivity index (χ4n) is 14.9. The Labute approximate surface area is 389 Å². The second-order valence-corrected chi connectivity index (χ2v) is 20.4. The number of ether oxygens (including phenoxy) is 4. The molecule has 1 spiro atoms. The van der Waals surface area contributed by atoms with Gasteiger partial charge in [-0.1, -0.05) is 67.3 Å². The van der Waals surface area contributed by atoms with E-state index >= 15 is 4.79 Å². The van der Waals surface area contributed by atoms with Crippen molar-refractivity contribution >= 4 is 47.6 Å². The molecular formula is C52H64BN4O9. The Bertz CT molecular complexity index is 2460. The van der Waals surface area contributed by atoms with Crippen LogP contribution in [0.3, 0.4) is 0 Å². The number of anilines is 2. The molecule has 2 aromatic rings. The van der Waals surface area contributed by atoms with Gasteiger partial charge >= 0.3 is 17.9 Å². The topological polar surface area (TPSA) is 150 Å². The zero-order chi connectivity index (χ0) is 46.6. The van der Waals surface area contributed by atoms with Crippen molar-refractivity contribution in [1.82, 2.24) is 14.7 Å². The Morgan fingerprint density at radius 3 is 2.39 bits per heavy atom. The van der Waals surface area contributed by atoms with E-state index in [9.17, 15) is 19.8 Å². The average Bonchev–Trinajstić information content (AvgIpc) is 3.98. The minimum absolute atomic E-state index is 0.0812. The molecule has 3 N–H and O–H groups in total. The number of fused-ring (bicyclic) bond motifs is 5. The summed E-state index contributed by atoms with van der Waals surface area (Å²) in [5.41, 5.74) is 1.25. The Morgan fingerprint density at radius 2 is 1.70 bits per heavy atom. The van der Waals surface area contributed by atoms with Crippen LogP contribution in [-0.4, -0.2) is 147 Å². The van der Waals surface area contributed by atoms with E-state index in [1.165, 1.54) is 21.1 Å². The molecule has 1 saturated carbocycles. The average molecular weight is 900 g/mol. The molecule has 3 saturated heterocycles. The molecule has 13 nitrogen and oxygen atoms in total. The molecule has 12 atom stereocenters. The van der Waals surface area contributed by atoms with Gasteiger partial charge in [-0.3, -0.25) is 19.4 Å². The van der Waals surface area contributed by atoms with Gasteiger partial charge < -0.3 is 39.4 Å². The van der Waals surface area contributed by atoms with Crippen LogP contribution in [0.5, 0.6) is 0 Å². The lowest BCUT2D eigenvalue weighted by Gasteiger charge is -2.63. The maximum atomic E-state index is 15.7. The number of nitrogens with zero attached hydrogens (tertiary/aromatic N) is 3. The SMILES string of the molecule is CC[C@]1(O)C[C@H]2CN(CCC3=C([B]c4ccc(Nc5ccccc5)cc43)[C@@](C(=O)OC)(C3C=C4C(=CC3OC)N(C)[C@H]3[C@@](O)(C(=O)OC)[C@H](OC(C)=O)[C@]5(CC)C=CCN6CC[C@]43[C@@H]65)C2)C1. The first kappa shape index (κ1) is 45.1. The molecule has 349 valence electrons. The molecule has 2 aromatic carbocycles. The summed E-state index contributed by atoms with van der Waals surface area (Å²) >= 11 is 0. The number of allylic oxidation sites excluding steroid dienone is 1. The van der Waals surface area contributed by atoms with Gasteiger partial charge in [0.25, 0.3) is 0 Å². The first-order valence-corrected chi connectivity index (χ1v) is 23.9. The zero-order valence-corrected chi connectivity index (χ0v) is 39.3. The lowest BCUT2D eigenvalue weighted by Crippen LogP contribution is -2.79. The number of nitrogens with one attached hydrogen (secondary N) is 1. The number of rotatable bonds is 9. The highest BCUT2D eigenvalue weighted by molar-refractivity contribution is 6.67. The normalized spacial score (nSPS) is 38.4. The highest BCUT2D eigenvalue weighted by Crippen LogP contribution is 2.70. The third-order valence-electron chi connectivity index (χ3n) is 17.3. The van der Waals surface area contributed by atoms with Gasteiger partial charge in [-0.25, -0.2) is 4.79 Å². The maximum Gasteiger partial charge on any atom is 0.344 e. The van der Waals surface area contributed by atoms with Crippen LogP contribution < -0.4 is 10.8 Å². The van der Waals surface area contributed by atoms with Crippen LogP contribution >= 0.6 is 0 Å². The molecule has 2 aliphatic carbocycles. The lowest BCUT2D eigenvalue weighted by atomic mass is 9.46. The third kappa shape index (κ3) is 6.26. The van der Waals surface area contributed by atoms with Gasteiger partial charge in [0.15, 0.2) is 13.4 Å². The molecule has 66 heavy (non-hydrogen) atoms. The highest BCUT2D eigenvalue weighted by Gasteiger charge is 2.81. The monoisotopic (exact) mass is 899 g/mol. The van der Waals surface area contributed by atoms with Crippen molar-refractivity contribution in [3.63, 3.8) is 0 Å². The molecule has 2 bridgehead atoms. The molecule has 0 aromatic heterocycles. The number of esters is 3. The largest absolute Gasteiger partial charge is 0.468 e. The van der Waals surface area contributed by atoms with Crippen molar-refractivity contribution in [2.24, 2.45) is 28.1 Å². The summed E-state index contributed by atoms with van der Waals surface area (Å²) in [5.74, 6) is -2.54. The first-order chi connectivity index (χ1) is 31.7. The first-order valence-electron chi connectivity index (χ1n) is 23.9. The number of hydrogen-bond acceptors (Lipinski definition) is 13. The predicted molar refractivity (Wildman–Crippen MR) is 251 cm³/mol. The molecular weight excluding hydrogens is 835 g/mol. The van der Waals surface area contributed by atoms with Crippen molar-refractivity contribution in [3.8, 4) is 0 Å². The Hall–Kier alpha value is -4.73. The van der Waals surface area contributed by atoms with E-state index in [0.717, 1.165) is 44.7 Å². The predicted octanol–water partition coefficient (Wildman–Crippen LogP) is 4.55. The van der Waals surface area contributed by atoms with Crippen LogP contribution in [0.4, 0.5) is 11.4 Å². The van der Waals surface area contributed by atoms with Gasteiger partial charge in [0.1, 0.15) is 0 Å². The Kier molecular flexibility index (Phi) is 11.1. The number of carbonyl (C=O) groups is 3. The summed E-state index contributed by atoms with van der Waals surface area (Å²) in [7, 11) is 8.50. The number of hydrogen-bond donors (Lipinski definition) is 3. The molecule has 4 fully saturated rings. The summed E-state index contributed by atoms with van der Waals surface area (Å²) in [6.45, 7) is 8.68. The summed E-state index contributed by atoms with van der Waals surface area (Å²) in [6.07, 6.45) is 9.74. The van der Waals surface area contributed by atoms with Gasteiger partial charge in [-0.2, -0.15) is 0 Å². The van der Waals surface area contributed by atoms with Gasteiger partial charge in [-0.15, -0.1) is 0 Å². The summed E-state index contributed by atoms with van der Waals surface area (Å²) in [4.78, 5) is 50.1. The van der Waals surface area contributed by atoms with Crippen molar-refractivity contribution in [3.05, 3.63) is 95.1 Å². The Balaban J connectivity index is 1.21. The molecule has 0 amide bonds. The van der Waals surface area contributed by atoms with E-state index in [-0.39, 0.29) is 17.9 Å². The number of piperidine rings is 1. The smallest absolute Gasteiger partial charge is 0.344 e. The van der Waals surface area contributed by atoms with Crippen LogP contribution in [-0.2, 0) is 33.3 Å². The molecule has 1 radical (unpaired) electrons. The van der Waals surface area contributed by atoms with Gasteiger partial charge in [0, 0.05) is 87.1 Å². The number of benzene rings is 2. The van der Waals surface area contributed by atoms with E-state index in [0.29, 0.717) is 71.2 Å². The quantitative estimate of drug-likeness (QED) is 0.140. The van der Waals surface area contributed by atoms with E-state index in [1.54, 1.807) is 7.11 Å². The van der Waals surface area contributed by atoms with Crippen molar-refractivity contribution in [1.29, 1.82) is 0 Å². The molecule has 3 unspecified atom stereocenters. The molecule has 6 heterocycles. The van der Waals surface area contributed by atoms with Gasteiger partial charge in [-0.05, 0) is 98.0 Å². The third-order valence-corrected chi connectivity index (χ3v) is 17.3. The summed E-state index contributed by atoms with van der Waals surface area (Å²) in [5, 5.41) is 29.2. The molecule has 8 aliphatic rings. The second kappa shape index (κ2) is 16.2. The zero-order valence-electron chi connectivity index (χ0n) is 39.3. The lowest BCUT2D eigenvalue weighted by molar-refractivity contribution is -0.243. The highest BCUT2D eigenvalue weighted by atomic mass is 16.6. The van der Waals surface area contributed by atoms with E-state index in [2.05, 4.69) is 64.9 Å². The number of carbonyl (C=O) groups excluding carboxylic acids is 3. The van der Waals surface area contributed by atoms with Crippen LogP contribution in [0.1, 0.15) is 64.9 Å². The van der Waals surface area contributed by atoms with Crippen LogP contribution in [0.2, 0.25) is 0 Å². The molecule has 6 aliphatic heterocycles. The maximum absolute atomic E-state index is 15.7. The number of para-hydroxylation sites is 1. The second-order valence-electron chi connectivity index (χ2n) is 20.4. The van der Waals surface area contributed by atoms with Crippen LogP contribution in [0.15, 0.2) is 89.6 Å². The summed E-state index contributed by atoms with van der Waals surface area (Å²) in [6, 6.07) is 15.3. The number of likely N-dealkylation sites (N-methyl/N-ethyl adjacent to an activating group) is 1. The molecule has 10 rings (SSSR count). The van der Waals surface area contributed by atoms with Gasteiger partial charge in [0.2, 0.25) is 5.60 Å². The fourth-order valence-corrected chi connectivity index (χ4v) is 14.9. The minimum Gasteiger partial charge on any atom is -0.468 e. The van der Waals surface area contributed by atoms with E-state index in [4.69, 9.17) is 18.9 Å². The Morgan fingerprint density at radius 1 is 0.924 bits per heavy atom. The van der Waals surface area contributed by atoms with Crippen molar-refractivity contribution in [2.45, 2.75) is 94.8 Å². The van der Waals surface area contributed by atoms with Crippen LogP contribution in [0.25, 0.3) is 5.57 Å². The minimum atomic E-state index is -2.30. The van der Waals surface area contributed by atoms with Crippen molar-refractivity contribution in [2.75, 3.05) is 66.4 Å². The van der Waals surface area contributed by atoms with E-state index < -0.39 is 63.6 Å². The standard InChI is InChI=1S/C52H64BN4O9/c1-8-48(61)27-32-28-51(46(59)64-6,42-35(18-22-56(29-32)30-48)36-24-34(16-17-39(36)53-42)54-33-14-11-10-12-15-33)38-25-37-40(26-41(38)63-5)55(4)44-50(37)20-23-57-21-13-19-49(9-2,43(50)57)45(66-31(3)58)52(44,62)47(60)65-7/h10-17,19,24-26,32,38,41,43-45,54,61-62H,8-9,18,20-23,27-30H2,1-7H3/t32-,38?,41?,43+,44-,45-,48+,49-,50-,51+,52+/m1/s1. The van der Waals surface area contributed by atoms with Crippen molar-refractivity contribution < 1.29 is 43.5 Å². The fraction of sp³-hybridized carbons (Fsp3) is 0.558.